The van der Waals surface area contributed by atoms with E-state index in [2.05, 4.69) is 5.43 Å². The maximum atomic E-state index is 6.18. The summed E-state index contributed by atoms with van der Waals surface area (Å²) < 4.78 is 17.6. The quantitative estimate of drug-likeness (QED) is 0.605. The van der Waals surface area contributed by atoms with Gasteiger partial charge >= 0.3 is 0 Å². The highest BCUT2D eigenvalue weighted by molar-refractivity contribution is 4.95. The molecule has 3 aliphatic rings. The van der Waals surface area contributed by atoms with Crippen molar-refractivity contribution >= 4 is 0 Å². The summed E-state index contributed by atoms with van der Waals surface area (Å²) in [7, 11) is 0. The Balaban J connectivity index is 1.64. The Bertz CT molecular complexity index is 296. The van der Waals surface area contributed by atoms with Gasteiger partial charge in [0.1, 0.15) is 0 Å². The molecule has 5 heteroatoms. The number of nitrogens with one attached hydrogen (secondary N) is 1. The van der Waals surface area contributed by atoms with Crippen molar-refractivity contribution in [3.63, 3.8) is 0 Å². The van der Waals surface area contributed by atoms with Crippen LogP contribution in [0.3, 0.4) is 0 Å². The van der Waals surface area contributed by atoms with E-state index in [0.717, 1.165) is 19.4 Å². The zero-order chi connectivity index (χ0) is 13.8. The largest absolute Gasteiger partial charge is 0.376 e. The first-order valence-electron chi connectivity index (χ1n) is 8.12. The van der Waals surface area contributed by atoms with Crippen molar-refractivity contribution in [1.82, 2.24) is 5.43 Å². The van der Waals surface area contributed by atoms with Gasteiger partial charge in [-0.15, -0.1) is 0 Å². The SMILES string of the molecule is NNC(C1CCOC2(CCCCC2)C1)C1COCCO1. The lowest BCUT2D eigenvalue weighted by Gasteiger charge is -2.46. The van der Waals surface area contributed by atoms with E-state index in [1.165, 1.54) is 32.1 Å². The summed E-state index contributed by atoms with van der Waals surface area (Å²) in [6, 6.07) is 0.179. The van der Waals surface area contributed by atoms with Crippen LogP contribution in [0.4, 0.5) is 0 Å². The van der Waals surface area contributed by atoms with Gasteiger partial charge in [-0.1, -0.05) is 19.3 Å². The lowest BCUT2D eigenvalue weighted by atomic mass is 9.73. The third-order valence-corrected chi connectivity index (χ3v) is 5.24. The molecule has 0 aromatic rings. The molecule has 1 spiro atoms. The predicted molar refractivity (Wildman–Crippen MR) is 76.2 cm³/mol. The lowest BCUT2D eigenvalue weighted by molar-refractivity contribution is -0.146. The highest BCUT2D eigenvalue weighted by Gasteiger charge is 2.42. The molecular formula is C15H28N2O3. The molecule has 1 saturated carbocycles. The van der Waals surface area contributed by atoms with Crippen LogP contribution >= 0.6 is 0 Å². The first-order valence-corrected chi connectivity index (χ1v) is 8.12. The maximum absolute atomic E-state index is 6.18. The van der Waals surface area contributed by atoms with Crippen LogP contribution in [-0.2, 0) is 14.2 Å². The van der Waals surface area contributed by atoms with Gasteiger partial charge in [-0.05, 0) is 31.6 Å². The molecule has 5 nitrogen and oxygen atoms in total. The normalized spacial score (nSPS) is 35.9. The smallest absolute Gasteiger partial charge is 0.0978 e. The van der Waals surface area contributed by atoms with Crippen LogP contribution in [0.15, 0.2) is 0 Å². The van der Waals surface area contributed by atoms with Gasteiger partial charge < -0.3 is 14.2 Å². The summed E-state index contributed by atoms with van der Waals surface area (Å²) in [5.41, 5.74) is 3.12. The molecule has 116 valence electrons. The first kappa shape index (κ1) is 14.7. The second-order valence-corrected chi connectivity index (χ2v) is 6.52. The fourth-order valence-corrected chi connectivity index (χ4v) is 4.18. The third kappa shape index (κ3) is 3.17. The topological polar surface area (TPSA) is 65.7 Å². The fourth-order valence-electron chi connectivity index (χ4n) is 4.18. The Hall–Kier alpha value is -0.200. The molecule has 2 aliphatic heterocycles. The molecule has 0 aromatic carbocycles. The Morgan fingerprint density at radius 3 is 2.65 bits per heavy atom. The average molecular weight is 284 g/mol. The minimum atomic E-state index is 0.0810. The Kier molecular flexibility index (Phi) is 4.94. The molecule has 0 aromatic heterocycles. The van der Waals surface area contributed by atoms with Crippen LogP contribution in [0.2, 0.25) is 0 Å². The summed E-state index contributed by atoms with van der Waals surface area (Å²) in [6.45, 7) is 2.89. The van der Waals surface area contributed by atoms with Gasteiger partial charge in [-0.2, -0.15) is 0 Å². The Morgan fingerprint density at radius 1 is 1.10 bits per heavy atom. The van der Waals surface area contributed by atoms with E-state index >= 15 is 0 Å². The summed E-state index contributed by atoms with van der Waals surface area (Å²) in [4.78, 5) is 0. The number of hydrogen-bond acceptors (Lipinski definition) is 5. The van der Waals surface area contributed by atoms with Gasteiger partial charge in [0.2, 0.25) is 0 Å². The molecule has 0 radical (unpaired) electrons. The molecule has 3 rings (SSSR count). The van der Waals surface area contributed by atoms with E-state index in [9.17, 15) is 0 Å². The Labute approximate surface area is 121 Å². The van der Waals surface area contributed by atoms with Gasteiger partial charge in [-0.3, -0.25) is 11.3 Å². The second kappa shape index (κ2) is 6.71. The van der Waals surface area contributed by atoms with Crippen LogP contribution in [-0.4, -0.2) is 44.2 Å². The van der Waals surface area contributed by atoms with E-state index in [4.69, 9.17) is 20.1 Å². The number of hydrazine groups is 1. The van der Waals surface area contributed by atoms with Gasteiger partial charge in [0.25, 0.3) is 0 Å². The fraction of sp³-hybridized carbons (Fsp3) is 1.00. The van der Waals surface area contributed by atoms with E-state index < -0.39 is 0 Å². The van der Waals surface area contributed by atoms with Crippen LogP contribution in [0.1, 0.15) is 44.9 Å². The van der Waals surface area contributed by atoms with Crippen molar-refractivity contribution in [2.24, 2.45) is 11.8 Å². The van der Waals surface area contributed by atoms with Crippen LogP contribution < -0.4 is 11.3 Å². The number of rotatable bonds is 3. The number of ether oxygens (including phenoxy) is 3. The number of hydrogen-bond donors (Lipinski definition) is 2. The summed E-state index contributed by atoms with van der Waals surface area (Å²) in [5.74, 6) is 6.35. The van der Waals surface area contributed by atoms with Crippen molar-refractivity contribution in [3.05, 3.63) is 0 Å². The highest BCUT2D eigenvalue weighted by atomic mass is 16.6. The molecule has 0 amide bonds. The predicted octanol–water partition coefficient (Wildman–Crippen LogP) is 1.36. The summed E-state index contributed by atoms with van der Waals surface area (Å²) in [6.07, 6.45) is 8.64. The first-order chi connectivity index (χ1) is 9.83. The third-order valence-electron chi connectivity index (χ3n) is 5.24. The molecule has 2 heterocycles. The van der Waals surface area contributed by atoms with E-state index in [0.29, 0.717) is 25.7 Å². The number of nitrogens with two attached hydrogens (primary N) is 1. The van der Waals surface area contributed by atoms with E-state index in [1.54, 1.807) is 0 Å². The summed E-state index contributed by atoms with van der Waals surface area (Å²) in [5, 5.41) is 0. The monoisotopic (exact) mass is 284 g/mol. The zero-order valence-electron chi connectivity index (χ0n) is 12.3. The molecule has 3 unspecified atom stereocenters. The minimum absolute atomic E-state index is 0.0810. The van der Waals surface area contributed by atoms with Crippen LogP contribution in [0.5, 0.6) is 0 Å². The minimum Gasteiger partial charge on any atom is -0.376 e. The van der Waals surface area contributed by atoms with Gasteiger partial charge in [-0.25, -0.2) is 0 Å². The van der Waals surface area contributed by atoms with Crippen molar-refractivity contribution in [2.75, 3.05) is 26.4 Å². The van der Waals surface area contributed by atoms with Crippen molar-refractivity contribution in [2.45, 2.75) is 62.7 Å². The molecule has 3 N–H and O–H groups in total. The van der Waals surface area contributed by atoms with Crippen molar-refractivity contribution in [3.8, 4) is 0 Å². The lowest BCUT2D eigenvalue weighted by Crippen LogP contribution is -2.56. The molecule has 2 saturated heterocycles. The van der Waals surface area contributed by atoms with Crippen LogP contribution in [0, 0.1) is 5.92 Å². The zero-order valence-corrected chi connectivity index (χ0v) is 12.3. The van der Waals surface area contributed by atoms with Gasteiger partial charge in [0, 0.05) is 6.61 Å². The molecule has 0 bridgehead atoms. The standard InChI is InChI=1S/C15H28N2O3/c16-17-14(13-11-18-8-9-19-13)12-4-7-20-15(10-12)5-2-1-3-6-15/h12-14,17H,1-11,16H2. The van der Waals surface area contributed by atoms with Crippen LogP contribution in [0.25, 0.3) is 0 Å². The van der Waals surface area contributed by atoms with Gasteiger partial charge in [0.15, 0.2) is 0 Å². The molecule has 3 fully saturated rings. The molecular weight excluding hydrogens is 256 g/mol. The highest BCUT2D eigenvalue weighted by Crippen LogP contribution is 2.42. The average Bonchev–Trinajstić information content (AvgIpc) is 2.50. The van der Waals surface area contributed by atoms with E-state index in [1.807, 2.05) is 0 Å². The second-order valence-electron chi connectivity index (χ2n) is 6.52. The molecule has 1 aliphatic carbocycles. The van der Waals surface area contributed by atoms with Crippen molar-refractivity contribution in [1.29, 1.82) is 0 Å². The molecule has 3 atom stereocenters. The van der Waals surface area contributed by atoms with Crippen molar-refractivity contribution < 1.29 is 14.2 Å². The van der Waals surface area contributed by atoms with Gasteiger partial charge in [0.05, 0.1) is 37.6 Å². The van der Waals surface area contributed by atoms with E-state index in [-0.39, 0.29) is 17.7 Å². The molecule has 20 heavy (non-hydrogen) atoms. The summed E-state index contributed by atoms with van der Waals surface area (Å²) >= 11 is 0. The Morgan fingerprint density at radius 2 is 1.95 bits per heavy atom. The maximum Gasteiger partial charge on any atom is 0.0978 e.